The molecule has 24 heavy (non-hydrogen) atoms. The van der Waals surface area contributed by atoms with E-state index in [1.54, 1.807) is 7.11 Å². The van der Waals surface area contributed by atoms with Crippen LogP contribution in [-0.2, 0) is 10.9 Å². The minimum Gasteiger partial charge on any atom is -0.496 e. The number of carbonyl (C=O) groups excluding carboxylic acids is 1. The maximum atomic E-state index is 11.4. The van der Waals surface area contributed by atoms with Crippen LogP contribution >= 0.6 is 11.8 Å². The highest BCUT2D eigenvalue weighted by Crippen LogP contribution is 2.48. The van der Waals surface area contributed by atoms with Crippen LogP contribution in [0.3, 0.4) is 0 Å². The fraction of sp³-hybridized carbons (Fsp3) is 0.0500. The zero-order chi connectivity index (χ0) is 16.5. The van der Waals surface area contributed by atoms with E-state index < -0.39 is 0 Å². The summed E-state index contributed by atoms with van der Waals surface area (Å²) >= 11 is 1.81. The summed E-state index contributed by atoms with van der Waals surface area (Å²) in [7, 11) is 1.37. The Balaban J connectivity index is 1.93. The lowest BCUT2D eigenvalue weighted by Crippen LogP contribution is -2.11. The first-order chi connectivity index (χ1) is 11.8. The highest BCUT2D eigenvalue weighted by molar-refractivity contribution is 8.04. The summed E-state index contributed by atoms with van der Waals surface area (Å²) < 4.78 is 5.29. The molecule has 0 radical (unpaired) electrons. The Labute approximate surface area is 148 Å². The average Bonchev–Trinajstić information content (AvgIpc) is 2.65. The molecule has 0 saturated carbocycles. The molecule has 0 saturated heterocycles. The first kappa shape index (κ1) is 15.4. The van der Waals surface area contributed by atoms with E-state index in [-0.39, 0.29) is 10.9 Å². The Bertz CT molecular complexity index is 876. The average molecular weight is 351 g/mol. The van der Waals surface area contributed by atoms with Gasteiger partial charge in [-0.1, -0.05) is 36.0 Å². The smallest absolute Gasteiger partial charge is 0.180 e. The summed E-state index contributed by atoms with van der Waals surface area (Å²) in [5.41, 5.74) is 0.593. The lowest BCUT2D eigenvalue weighted by atomic mass is 10.2. The number of benzene rings is 3. The lowest BCUT2D eigenvalue weighted by Gasteiger charge is -2.19. The maximum Gasteiger partial charge on any atom is 0.180 e. The standard InChI is InChI=1S/C20H15O2S2/c1-22-16-11-10-15(12-14(16)13-21)24-19-8-4-2-6-17(19)23-18-7-3-5-9-20(18)24/h2-13H,1H3/q+1. The molecule has 1 heterocycles. The molecular weight excluding hydrogens is 336 g/mol. The Morgan fingerprint density at radius 3 is 2.12 bits per heavy atom. The molecule has 0 aromatic heterocycles. The molecule has 1 aliphatic heterocycles. The molecular formula is C20H15O2S2+. The molecule has 0 spiro atoms. The first-order valence-corrected chi connectivity index (χ1v) is 9.59. The van der Waals surface area contributed by atoms with E-state index >= 15 is 0 Å². The van der Waals surface area contributed by atoms with Crippen molar-refractivity contribution < 1.29 is 9.53 Å². The van der Waals surface area contributed by atoms with Crippen LogP contribution in [-0.4, -0.2) is 13.4 Å². The molecule has 0 bridgehead atoms. The number of methoxy groups -OCH3 is 1. The topological polar surface area (TPSA) is 26.3 Å². The van der Waals surface area contributed by atoms with E-state index in [1.807, 2.05) is 23.9 Å². The summed E-state index contributed by atoms with van der Waals surface area (Å²) in [5, 5.41) is 0. The van der Waals surface area contributed by atoms with E-state index in [1.165, 1.54) is 19.6 Å². The van der Waals surface area contributed by atoms with Gasteiger partial charge in [0.25, 0.3) is 0 Å². The van der Waals surface area contributed by atoms with Gasteiger partial charge in [0.15, 0.2) is 21.0 Å². The lowest BCUT2D eigenvalue weighted by molar-refractivity contribution is 0.112. The number of rotatable bonds is 3. The Morgan fingerprint density at radius 1 is 0.917 bits per heavy atom. The van der Waals surface area contributed by atoms with Gasteiger partial charge in [0.2, 0.25) is 0 Å². The largest absolute Gasteiger partial charge is 0.496 e. The zero-order valence-corrected chi connectivity index (χ0v) is 14.7. The Morgan fingerprint density at radius 2 is 1.54 bits per heavy atom. The van der Waals surface area contributed by atoms with Gasteiger partial charge in [0.1, 0.15) is 16.6 Å². The van der Waals surface area contributed by atoms with Crippen LogP contribution < -0.4 is 4.74 Å². The van der Waals surface area contributed by atoms with Gasteiger partial charge >= 0.3 is 0 Å². The second kappa shape index (κ2) is 6.38. The molecule has 0 atom stereocenters. The monoisotopic (exact) mass is 351 g/mol. The van der Waals surface area contributed by atoms with E-state index in [0.29, 0.717) is 11.3 Å². The minimum absolute atomic E-state index is 0.215. The third-order valence-corrected chi connectivity index (χ3v) is 7.65. The fourth-order valence-electron chi connectivity index (χ4n) is 2.83. The normalized spacial score (nSPS) is 13.0. The van der Waals surface area contributed by atoms with E-state index in [9.17, 15) is 4.79 Å². The molecule has 3 aromatic carbocycles. The van der Waals surface area contributed by atoms with Gasteiger partial charge < -0.3 is 4.74 Å². The number of carbonyl (C=O) groups is 1. The van der Waals surface area contributed by atoms with Gasteiger partial charge in [0, 0.05) is 6.07 Å². The quantitative estimate of drug-likeness (QED) is 0.381. The van der Waals surface area contributed by atoms with Crippen molar-refractivity contribution in [3.8, 4) is 5.75 Å². The highest BCUT2D eigenvalue weighted by atomic mass is 32.2. The van der Waals surface area contributed by atoms with Crippen LogP contribution in [0.4, 0.5) is 0 Å². The van der Waals surface area contributed by atoms with Crippen LogP contribution in [0.25, 0.3) is 0 Å². The van der Waals surface area contributed by atoms with Gasteiger partial charge in [-0.3, -0.25) is 4.79 Å². The van der Waals surface area contributed by atoms with Crippen molar-refractivity contribution in [1.29, 1.82) is 0 Å². The molecule has 2 nitrogen and oxygen atoms in total. The van der Waals surface area contributed by atoms with E-state index in [4.69, 9.17) is 4.74 Å². The van der Waals surface area contributed by atoms with Crippen LogP contribution in [0.5, 0.6) is 5.75 Å². The number of ether oxygens (including phenoxy) is 1. The molecule has 0 aliphatic carbocycles. The van der Waals surface area contributed by atoms with Gasteiger partial charge in [-0.25, -0.2) is 0 Å². The number of hydrogen-bond acceptors (Lipinski definition) is 3. The van der Waals surface area contributed by atoms with Crippen molar-refractivity contribution in [2.45, 2.75) is 24.5 Å². The number of fused-ring (bicyclic) bond motifs is 2. The summed E-state index contributed by atoms with van der Waals surface area (Å²) in [5.74, 6) is 0.616. The molecule has 1 aliphatic rings. The predicted molar refractivity (Wildman–Crippen MR) is 97.6 cm³/mol. The minimum atomic E-state index is -0.215. The molecule has 118 valence electrons. The predicted octanol–water partition coefficient (Wildman–Crippen LogP) is 5.07. The zero-order valence-electron chi connectivity index (χ0n) is 13.1. The molecule has 0 unspecified atom stereocenters. The van der Waals surface area contributed by atoms with E-state index in [0.717, 1.165) is 11.2 Å². The van der Waals surface area contributed by atoms with Crippen molar-refractivity contribution in [3.05, 3.63) is 72.3 Å². The van der Waals surface area contributed by atoms with Gasteiger partial charge in [-0.05, 0) is 36.4 Å². The summed E-state index contributed by atoms with van der Waals surface area (Å²) in [6.07, 6.45) is 0.863. The second-order valence-corrected chi connectivity index (χ2v) is 8.37. The van der Waals surface area contributed by atoms with Crippen LogP contribution in [0.2, 0.25) is 0 Å². The SMILES string of the molecule is COc1ccc([S+]2c3ccccc3Sc3ccccc32)cc1C=O. The molecule has 4 heteroatoms. The van der Waals surface area contributed by atoms with Crippen molar-refractivity contribution in [2.75, 3.05) is 7.11 Å². The fourth-order valence-corrected chi connectivity index (χ4v) is 6.61. The number of aldehydes is 1. The van der Waals surface area contributed by atoms with Crippen molar-refractivity contribution in [2.24, 2.45) is 0 Å². The highest BCUT2D eigenvalue weighted by Gasteiger charge is 2.38. The summed E-state index contributed by atoms with van der Waals surface area (Å²) in [6, 6.07) is 22.9. The molecule has 0 fully saturated rings. The molecule has 3 aromatic rings. The van der Waals surface area contributed by atoms with Crippen LogP contribution in [0.1, 0.15) is 10.4 Å². The Kier molecular flexibility index (Phi) is 4.08. The van der Waals surface area contributed by atoms with Crippen LogP contribution in [0.15, 0.2) is 91.2 Å². The Hall–Kier alpha value is -2.17. The van der Waals surface area contributed by atoms with Crippen molar-refractivity contribution in [1.82, 2.24) is 0 Å². The molecule has 0 N–H and O–H groups in total. The summed E-state index contributed by atoms with van der Waals surface area (Å²) in [6.45, 7) is 0. The van der Waals surface area contributed by atoms with Crippen molar-refractivity contribution in [3.63, 3.8) is 0 Å². The first-order valence-electron chi connectivity index (χ1n) is 7.55. The molecule has 4 rings (SSSR count). The maximum absolute atomic E-state index is 11.4. The van der Waals surface area contributed by atoms with Gasteiger partial charge in [-0.2, -0.15) is 0 Å². The van der Waals surface area contributed by atoms with Gasteiger partial charge in [-0.15, -0.1) is 0 Å². The van der Waals surface area contributed by atoms with E-state index in [2.05, 4.69) is 54.6 Å². The number of hydrogen-bond donors (Lipinski definition) is 0. The van der Waals surface area contributed by atoms with Crippen LogP contribution in [0, 0.1) is 0 Å². The summed E-state index contributed by atoms with van der Waals surface area (Å²) in [4.78, 5) is 17.7. The second-order valence-electron chi connectivity index (χ2n) is 5.32. The van der Waals surface area contributed by atoms with Crippen molar-refractivity contribution >= 4 is 28.9 Å². The van der Waals surface area contributed by atoms with Gasteiger partial charge in [0.05, 0.1) is 22.5 Å². The third-order valence-electron chi connectivity index (χ3n) is 3.92. The molecule has 0 amide bonds. The third kappa shape index (κ3) is 2.52.